The maximum Gasteiger partial charge on any atom is 0.337 e. The third-order valence-corrected chi connectivity index (χ3v) is 2.51. The summed E-state index contributed by atoms with van der Waals surface area (Å²) in [6, 6.07) is 4.29. The molecule has 18 heavy (non-hydrogen) atoms. The van der Waals surface area contributed by atoms with Crippen LogP contribution in [0.2, 0.25) is 5.02 Å². The Morgan fingerprint density at radius 2 is 2.11 bits per heavy atom. The Bertz CT molecular complexity index is 449. The van der Waals surface area contributed by atoms with E-state index < -0.39 is 5.97 Å². The fourth-order valence-electron chi connectivity index (χ4n) is 1.35. The summed E-state index contributed by atoms with van der Waals surface area (Å²) in [4.78, 5) is 22.2. The number of benzene rings is 1. The zero-order valence-corrected chi connectivity index (χ0v) is 10.8. The predicted octanol–water partition coefficient (Wildman–Crippen LogP) is 1.98. The minimum Gasteiger partial charge on any atom is -0.478 e. The smallest absolute Gasteiger partial charge is 0.337 e. The van der Waals surface area contributed by atoms with Gasteiger partial charge in [0, 0.05) is 5.69 Å². The van der Waals surface area contributed by atoms with E-state index in [9.17, 15) is 9.59 Å². The normalized spacial score (nSPS) is 10.1. The van der Waals surface area contributed by atoms with Gasteiger partial charge in [0.2, 0.25) is 5.91 Å². The van der Waals surface area contributed by atoms with Crippen LogP contribution in [-0.2, 0) is 4.79 Å². The van der Waals surface area contributed by atoms with Gasteiger partial charge in [-0.15, -0.1) is 0 Å². The van der Waals surface area contributed by atoms with E-state index in [-0.39, 0.29) is 23.0 Å². The molecular weight excluding hydrogens is 256 g/mol. The van der Waals surface area contributed by atoms with E-state index in [1.807, 2.05) is 6.92 Å². The molecule has 0 aliphatic rings. The third-order valence-electron chi connectivity index (χ3n) is 2.20. The van der Waals surface area contributed by atoms with Crippen LogP contribution < -0.4 is 10.6 Å². The van der Waals surface area contributed by atoms with E-state index in [1.165, 1.54) is 18.2 Å². The molecule has 3 N–H and O–H groups in total. The molecule has 0 unspecified atom stereocenters. The first-order chi connectivity index (χ1) is 8.54. The van der Waals surface area contributed by atoms with Crippen molar-refractivity contribution in [1.29, 1.82) is 0 Å². The average molecular weight is 271 g/mol. The van der Waals surface area contributed by atoms with Crippen molar-refractivity contribution < 1.29 is 14.7 Å². The number of rotatable bonds is 6. The Balaban J connectivity index is 2.60. The lowest BCUT2D eigenvalue weighted by atomic mass is 10.2. The standard InChI is InChI=1S/C12H15ClN2O3/c1-2-5-14-7-11(16)15-8-3-4-9(12(17)18)10(13)6-8/h3-4,6,14H,2,5,7H2,1H3,(H,15,16)(H,17,18). The summed E-state index contributed by atoms with van der Waals surface area (Å²) in [6.45, 7) is 2.99. The largest absolute Gasteiger partial charge is 0.478 e. The molecule has 98 valence electrons. The van der Waals surface area contributed by atoms with Gasteiger partial charge in [0.15, 0.2) is 0 Å². The van der Waals surface area contributed by atoms with E-state index >= 15 is 0 Å². The van der Waals surface area contributed by atoms with Crippen LogP contribution in [0.25, 0.3) is 0 Å². The molecule has 0 aromatic heterocycles. The fraction of sp³-hybridized carbons (Fsp3) is 0.333. The van der Waals surface area contributed by atoms with Crippen LogP contribution in [0.15, 0.2) is 18.2 Å². The van der Waals surface area contributed by atoms with Gasteiger partial charge in [-0.2, -0.15) is 0 Å². The fourth-order valence-corrected chi connectivity index (χ4v) is 1.61. The number of hydrogen-bond acceptors (Lipinski definition) is 3. The van der Waals surface area contributed by atoms with E-state index in [0.717, 1.165) is 13.0 Å². The number of hydrogen-bond donors (Lipinski definition) is 3. The van der Waals surface area contributed by atoms with Crippen molar-refractivity contribution in [2.75, 3.05) is 18.4 Å². The summed E-state index contributed by atoms with van der Waals surface area (Å²) in [7, 11) is 0. The molecule has 0 radical (unpaired) electrons. The Labute approximate surface area is 110 Å². The van der Waals surface area contributed by atoms with Crippen LogP contribution in [0.4, 0.5) is 5.69 Å². The zero-order chi connectivity index (χ0) is 13.5. The van der Waals surface area contributed by atoms with Crippen LogP contribution in [0, 0.1) is 0 Å². The number of carboxylic acid groups (broad SMARTS) is 1. The maximum absolute atomic E-state index is 11.5. The van der Waals surface area contributed by atoms with Crippen molar-refractivity contribution in [3.05, 3.63) is 28.8 Å². The minimum absolute atomic E-state index is 0.0128. The maximum atomic E-state index is 11.5. The highest BCUT2D eigenvalue weighted by Gasteiger charge is 2.09. The lowest BCUT2D eigenvalue weighted by molar-refractivity contribution is -0.115. The van der Waals surface area contributed by atoms with Crippen LogP contribution in [-0.4, -0.2) is 30.1 Å². The van der Waals surface area contributed by atoms with Crippen molar-refractivity contribution in [3.8, 4) is 0 Å². The van der Waals surface area contributed by atoms with Crippen molar-refractivity contribution >= 4 is 29.2 Å². The Hall–Kier alpha value is -1.59. The van der Waals surface area contributed by atoms with Gasteiger partial charge in [-0.3, -0.25) is 4.79 Å². The monoisotopic (exact) mass is 270 g/mol. The molecule has 0 saturated carbocycles. The molecule has 0 spiro atoms. The van der Waals surface area contributed by atoms with E-state index in [4.69, 9.17) is 16.7 Å². The second-order valence-corrected chi connectivity index (χ2v) is 4.13. The first-order valence-electron chi connectivity index (χ1n) is 5.58. The summed E-state index contributed by atoms with van der Waals surface area (Å²) < 4.78 is 0. The number of anilines is 1. The number of carbonyl (C=O) groups excluding carboxylic acids is 1. The van der Waals surface area contributed by atoms with Crippen LogP contribution in [0.1, 0.15) is 23.7 Å². The lowest BCUT2D eigenvalue weighted by Crippen LogP contribution is -2.28. The SMILES string of the molecule is CCCNCC(=O)Nc1ccc(C(=O)O)c(Cl)c1. The molecule has 0 aliphatic carbocycles. The number of amides is 1. The van der Waals surface area contributed by atoms with Crippen molar-refractivity contribution in [2.24, 2.45) is 0 Å². The third kappa shape index (κ3) is 4.35. The molecule has 1 amide bonds. The van der Waals surface area contributed by atoms with E-state index in [1.54, 1.807) is 0 Å². The molecule has 1 rings (SSSR count). The molecule has 1 aromatic rings. The molecule has 0 bridgehead atoms. The van der Waals surface area contributed by atoms with Crippen molar-refractivity contribution in [1.82, 2.24) is 5.32 Å². The van der Waals surface area contributed by atoms with Gasteiger partial charge in [-0.1, -0.05) is 18.5 Å². The minimum atomic E-state index is -1.09. The predicted molar refractivity (Wildman–Crippen MR) is 70.2 cm³/mol. The summed E-state index contributed by atoms with van der Waals surface area (Å²) in [5, 5.41) is 14.5. The lowest BCUT2D eigenvalue weighted by Gasteiger charge is -2.07. The first-order valence-corrected chi connectivity index (χ1v) is 5.95. The molecule has 0 saturated heterocycles. The van der Waals surface area contributed by atoms with Crippen LogP contribution in [0.3, 0.4) is 0 Å². The average Bonchev–Trinajstić information content (AvgIpc) is 2.28. The molecule has 5 nitrogen and oxygen atoms in total. The van der Waals surface area contributed by atoms with Gasteiger partial charge in [0.05, 0.1) is 17.1 Å². The van der Waals surface area contributed by atoms with Gasteiger partial charge >= 0.3 is 5.97 Å². The Morgan fingerprint density at radius 3 is 2.67 bits per heavy atom. The highest BCUT2D eigenvalue weighted by Crippen LogP contribution is 2.20. The summed E-state index contributed by atoms with van der Waals surface area (Å²) in [6.07, 6.45) is 0.951. The van der Waals surface area contributed by atoms with E-state index in [0.29, 0.717) is 5.69 Å². The van der Waals surface area contributed by atoms with Gasteiger partial charge in [0.25, 0.3) is 0 Å². The van der Waals surface area contributed by atoms with Gasteiger partial charge < -0.3 is 15.7 Å². The topological polar surface area (TPSA) is 78.4 Å². The molecule has 6 heteroatoms. The number of halogens is 1. The van der Waals surface area contributed by atoms with Crippen molar-refractivity contribution in [2.45, 2.75) is 13.3 Å². The zero-order valence-electron chi connectivity index (χ0n) is 10.00. The van der Waals surface area contributed by atoms with Gasteiger partial charge in [-0.25, -0.2) is 4.79 Å². The molecule has 0 atom stereocenters. The van der Waals surface area contributed by atoms with Gasteiger partial charge in [0.1, 0.15) is 0 Å². The number of carbonyl (C=O) groups is 2. The molecule has 0 fully saturated rings. The molecule has 1 aromatic carbocycles. The number of aromatic carboxylic acids is 1. The van der Waals surface area contributed by atoms with Crippen LogP contribution >= 0.6 is 11.6 Å². The molecule has 0 heterocycles. The van der Waals surface area contributed by atoms with Crippen LogP contribution in [0.5, 0.6) is 0 Å². The summed E-state index contributed by atoms with van der Waals surface area (Å²) in [5.41, 5.74) is 0.493. The Kier molecular flexibility index (Phi) is 5.61. The quantitative estimate of drug-likeness (QED) is 0.691. The summed E-state index contributed by atoms with van der Waals surface area (Å²) >= 11 is 5.79. The van der Waals surface area contributed by atoms with E-state index in [2.05, 4.69) is 10.6 Å². The Morgan fingerprint density at radius 1 is 1.39 bits per heavy atom. The second kappa shape index (κ2) is 6.98. The molecule has 0 aliphatic heterocycles. The molecular formula is C12H15ClN2O3. The number of carboxylic acids is 1. The first kappa shape index (κ1) is 14.5. The highest BCUT2D eigenvalue weighted by atomic mass is 35.5. The highest BCUT2D eigenvalue weighted by molar-refractivity contribution is 6.33. The summed E-state index contributed by atoms with van der Waals surface area (Å²) in [5.74, 6) is -1.29. The number of nitrogens with one attached hydrogen (secondary N) is 2. The van der Waals surface area contributed by atoms with Gasteiger partial charge in [-0.05, 0) is 31.2 Å². The van der Waals surface area contributed by atoms with Crippen molar-refractivity contribution in [3.63, 3.8) is 0 Å². The second-order valence-electron chi connectivity index (χ2n) is 3.72.